The zero-order valence-electron chi connectivity index (χ0n) is 24.8. The maximum Gasteiger partial charge on any atom is 0.245 e. The molecule has 11 heteroatoms. The number of hydrogen-bond acceptors (Lipinski definition) is 7. The van der Waals surface area contributed by atoms with Crippen LogP contribution < -0.4 is 9.62 Å². The van der Waals surface area contributed by atoms with E-state index in [1.54, 1.807) is 18.7 Å². The summed E-state index contributed by atoms with van der Waals surface area (Å²) in [5.41, 5.74) is 2.02. The van der Waals surface area contributed by atoms with Crippen LogP contribution in [0.3, 0.4) is 0 Å². The van der Waals surface area contributed by atoms with Crippen LogP contribution in [0.2, 0.25) is 0 Å². The molecule has 0 fully saturated rings. The summed E-state index contributed by atoms with van der Waals surface area (Å²) >= 11 is 0. The van der Waals surface area contributed by atoms with Gasteiger partial charge in [-0.2, -0.15) is 0 Å². The highest BCUT2D eigenvalue weighted by Crippen LogP contribution is 2.25. The Morgan fingerprint density at radius 1 is 1.00 bits per heavy atom. The number of anilines is 1. The van der Waals surface area contributed by atoms with Gasteiger partial charge in [-0.25, -0.2) is 13.1 Å². The number of para-hydroxylation sites is 1. The van der Waals surface area contributed by atoms with Crippen molar-refractivity contribution in [3.8, 4) is 0 Å². The van der Waals surface area contributed by atoms with Crippen molar-refractivity contribution in [2.75, 3.05) is 44.2 Å². The molecule has 40 heavy (non-hydrogen) atoms. The highest BCUT2D eigenvalue weighted by Gasteiger charge is 2.26. The van der Waals surface area contributed by atoms with Gasteiger partial charge in [-0.3, -0.25) is 9.59 Å². The minimum Gasteiger partial charge on any atom is -0.360 e. The molecule has 0 aliphatic carbocycles. The Kier molecular flexibility index (Phi) is 11.3. The molecule has 1 aliphatic rings. The zero-order chi connectivity index (χ0) is 29.4. The molecule has 0 saturated carbocycles. The molecule has 3 rings (SSSR count). The number of sulfonamides is 1. The second-order valence-electron chi connectivity index (χ2n) is 11.4. The van der Waals surface area contributed by atoms with Gasteiger partial charge in [0, 0.05) is 57.8 Å². The molecular formula is C29H45N5O5S. The standard InChI is InChI=1S/C29H45N5O5S/c1-21(2)18-28(36)34-15-9-14-32(19-22(3)4)16-17-33(20-25-10-7-8-11-26(25)34)27(35)12-13-30-40(37,38)29-23(5)31-39-24(29)6/h7-8,10-11,21-22,30H,9,12-20H2,1-6H3. The van der Waals surface area contributed by atoms with Gasteiger partial charge in [0.15, 0.2) is 5.76 Å². The van der Waals surface area contributed by atoms with Gasteiger partial charge in [0.25, 0.3) is 0 Å². The topological polar surface area (TPSA) is 116 Å². The van der Waals surface area contributed by atoms with Crippen molar-refractivity contribution < 1.29 is 22.5 Å². The Labute approximate surface area is 239 Å². The molecule has 2 heterocycles. The molecule has 0 unspecified atom stereocenters. The summed E-state index contributed by atoms with van der Waals surface area (Å²) in [6, 6.07) is 7.77. The van der Waals surface area contributed by atoms with Crippen LogP contribution in [-0.4, -0.2) is 74.5 Å². The van der Waals surface area contributed by atoms with Crippen molar-refractivity contribution in [3.63, 3.8) is 0 Å². The molecule has 2 aromatic rings. The van der Waals surface area contributed by atoms with Crippen LogP contribution in [0.15, 0.2) is 33.7 Å². The van der Waals surface area contributed by atoms with Crippen LogP contribution in [0.1, 0.15) is 64.0 Å². The van der Waals surface area contributed by atoms with E-state index in [0.717, 1.165) is 30.8 Å². The van der Waals surface area contributed by atoms with E-state index in [2.05, 4.69) is 28.6 Å². The van der Waals surface area contributed by atoms with E-state index >= 15 is 0 Å². The summed E-state index contributed by atoms with van der Waals surface area (Å²) in [6.45, 7) is 15.4. The summed E-state index contributed by atoms with van der Waals surface area (Å²) in [4.78, 5) is 32.9. The third-order valence-electron chi connectivity index (χ3n) is 6.91. The fraction of sp³-hybridized carbons (Fsp3) is 0.621. The highest BCUT2D eigenvalue weighted by atomic mass is 32.2. The summed E-state index contributed by atoms with van der Waals surface area (Å²) < 4.78 is 33.2. The molecule has 0 saturated heterocycles. The van der Waals surface area contributed by atoms with E-state index in [1.807, 2.05) is 43.0 Å². The molecule has 222 valence electrons. The third kappa shape index (κ3) is 8.62. The quantitative estimate of drug-likeness (QED) is 0.484. The Hall–Kier alpha value is -2.76. The molecule has 1 aliphatic heterocycles. The van der Waals surface area contributed by atoms with E-state index in [1.165, 1.54) is 0 Å². The molecule has 1 aromatic heterocycles. The lowest BCUT2D eigenvalue weighted by Gasteiger charge is -2.29. The van der Waals surface area contributed by atoms with E-state index in [0.29, 0.717) is 38.5 Å². The van der Waals surface area contributed by atoms with Gasteiger partial charge in [-0.15, -0.1) is 0 Å². The molecule has 0 atom stereocenters. The summed E-state index contributed by atoms with van der Waals surface area (Å²) in [5.74, 6) is 0.845. The van der Waals surface area contributed by atoms with Crippen LogP contribution in [-0.2, 0) is 26.2 Å². The number of hydrogen-bond donors (Lipinski definition) is 1. The lowest BCUT2D eigenvalue weighted by atomic mass is 10.1. The molecule has 0 bridgehead atoms. The zero-order valence-corrected chi connectivity index (χ0v) is 25.6. The number of amides is 2. The van der Waals surface area contributed by atoms with Gasteiger partial charge in [0.1, 0.15) is 10.6 Å². The van der Waals surface area contributed by atoms with Crippen LogP contribution in [0, 0.1) is 25.7 Å². The second-order valence-corrected chi connectivity index (χ2v) is 13.1. The summed E-state index contributed by atoms with van der Waals surface area (Å²) in [5, 5.41) is 3.72. The number of nitrogens with zero attached hydrogens (tertiary/aromatic N) is 4. The third-order valence-corrected chi connectivity index (χ3v) is 8.62. The number of fused-ring (bicyclic) bond motifs is 1. The fourth-order valence-electron chi connectivity index (χ4n) is 5.15. The van der Waals surface area contributed by atoms with Crippen LogP contribution in [0.4, 0.5) is 5.69 Å². The van der Waals surface area contributed by atoms with Crippen molar-refractivity contribution in [2.45, 2.75) is 72.2 Å². The number of benzene rings is 1. The molecule has 10 nitrogen and oxygen atoms in total. The number of aryl methyl sites for hydroxylation is 2. The number of aromatic nitrogens is 1. The average Bonchev–Trinajstić information content (AvgIpc) is 3.20. The lowest BCUT2D eigenvalue weighted by molar-refractivity contribution is -0.131. The van der Waals surface area contributed by atoms with Crippen LogP contribution >= 0.6 is 0 Å². The highest BCUT2D eigenvalue weighted by molar-refractivity contribution is 7.89. The minimum atomic E-state index is -3.86. The van der Waals surface area contributed by atoms with Crippen molar-refractivity contribution in [1.29, 1.82) is 0 Å². The smallest absolute Gasteiger partial charge is 0.245 e. The monoisotopic (exact) mass is 575 g/mol. The van der Waals surface area contributed by atoms with Gasteiger partial charge in [0.2, 0.25) is 21.8 Å². The number of nitrogens with one attached hydrogen (secondary N) is 1. The predicted molar refractivity (Wildman–Crippen MR) is 155 cm³/mol. The van der Waals surface area contributed by atoms with Crippen molar-refractivity contribution in [1.82, 2.24) is 19.7 Å². The van der Waals surface area contributed by atoms with E-state index < -0.39 is 10.0 Å². The van der Waals surface area contributed by atoms with Gasteiger partial charge < -0.3 is 19.2 Å². The Balaban J connectivity index is 1.83. The number of rotatable bonds is 9. The van der Waals surface area contributed by atoms with Crippen molar-refractivity contribution in [2.24, 2.45) is 11.8 Å². The maximum atomic E-state index is 13.5. The Morgan fingerprint density at radius 3 is 2.38 bits per heavy atom. The normalized spacial score (nSPS) is 15.8. The SMILES string of the molecule is Cc1noc(C)c1S(=O)(=O)NCCC(=O)N1CCN(CC(C)C)CCCN(C(=O)CC(C)C)c2ccccc2C1. The fourth-order valence-corrected chi connectivity index (χ4v) is 6.51. The first kappa shape index (κ1) is 31.8. The first-order valence-corrected chi connectivity index (χ1v) is 15.7. The molecule has 1 aromatic carbocycles. The van der Waals surface area contributed by atoms with Gasteiger partial charge >= 0.3 is 0 Å². The minimum absolute atomic E-state index is 0.00491. The van der Waals surface area contributed by atoms with Gasteiger partial charge in [-0.1, -0.05) is 51.1 Å². The second kappa shape index (κ2) is 14.2. The van der Waals surface area contributed by atoms with Gasteiger partial charge in [0.05, 0.1) is 0 Å². The molecular weight excluding hydrogens is 530 g/mol. The number of carbonyl (C=O) groups excluding carboxylic acids is 2. The molecule has 2 amide bonds. The molecule has 1 N–H and O–H groups in total. The average molecular weight is 576 g/mol. The van der Waals surface area contributed by atoms with Crippen molar-refractivity contribution >= 4 is 27.5 Å². The Bertz CT molecular complexity index is 1240. The summed E-state index contributed by atoms with van der Waals surface area (Å²) in [7, 11) is -3.86. The predicted octanol–water partition coefficient (Wildman–Crippen LogP) is 3.73. The van der Waals surface area contributed by atoms with E-state index in [4.69, 9.17) is 4.52 Å². The maximum absolute atomic E-state index is 13.5. The molecule has 0 radical (unpaired) electrons. The van der Waals surface area contributed by atoms with E-state index in [-0.39, 0.29) is 47.0 Å². The van der Waals surface area contributed by atoms with E-state index in [9.17, 15) is 18.0 Å². The van der Waals surface area contributed by atoms with Crippen molar-refractivity contribution in [3.05, 3.63) is 41.3 Å². The first-order valence-electron chi connectivity index (χ1n) is 14.2. The molecule has 0 spiro atoms. The van der Waals surface area contributed by atoms with Crippen LogP contribution in [0.5, 0.6) is 0 Å². The summed E-state index contributed by atoms with van der Waals surface area (Å²) in [6.07, 6.45) is 1.30. The largest absolute Gasteiger partial charge is 0.360 e. The van der Waals surface area contributed by atoms with Gasteiger partial charge in [-0.05, 0) is 50.3 Å². The Morgan fingerprint density at radius 2 is 1.73 bits per heavy atom. The first-order chi connectivity index (χ1) is 18.9. The lowest BCUT2D eigenvalue weighted by Crippen LogP contribution is -2.41. The number of carbonyl (C=O) groups is 2. The van der Waals surface area contributed by atoms with Crippen LogP contribution in [0.25, 0.3) is 0 Å².